The first kappa shape index (κ1) is 17.1. The number of hydrogen-bond acceptors (Lipinski definition) is 4. The van der Waals surface area contributed by atoms with E-state index in [2.05, 4.69) is 25.9 Å². The van der Waals surface area contributed by atoms with Gasteiger partial charge in [0.25, 0.3) is 0 Å². The fraction of sp³-hybridized carbons (Fsp3) is 0.571. The highest BCUT2D eigenvalue weighted by Gasteiger charge is 2.27. The van der Waals surface area contributed by atoms with Crippen molar-refractivity contribution in [2.45, 2.75) is 44.9 Å². The fourth-order valence-corrected chi connectivity index (χ4v) is 2.84. The number of anilines is 1. The highest BCUT2D eigenvalue weighted by molar-refractivity contribution is 9.10. The van der Waals surface area contributed by atoms with Crippen LogP contribution in [0.1, 0.15) is 44.2 Å². The number of fused-ring (bicyclic) bond motifs is 1. The van der Waals surface area contributed by atoms with E-state index in [4.69, 9.17) is 16.7 Å². The zero-order valence-electron chi connectivity index (χ0n) is 12.0. The molecule has 120 valence electrons. The number of halogens is 2. The zero-order chi connectivity index (χ0) is 16.1. The number of hydrogen-bond donors (Lipinski definition) is 1. The molecule has 1 aromatic rings. The largest absolute Gasteiger partial charge is 0.481 e. The molecule has 0 unspecified atom stereocenters. The van der Waals surface area contributed by atoms with Crippen LogP contribution < -0.4 is 4.90 Å². The second-order valence-electron chi connectivity index (χ2n) is 5.18. The third-order valence-electron chi connectivity index (χ3n) is 3.52. The van der Waals surface area contributed by atoms with Gasteiger partial charge < -0.3 is 5.11 Å². The van der Waals surface area contributed by atoms with Crippen molar-refractivity contribution in [1.82, 2.24) is 9.97 Å². The lowest BCUT2D eigenvalue weighted by atomic mass is 10.1. The van der Waals surface area contributed by atoms with Crippen molar-refractivity contribution in [3.63, 3.8) is 0 Å². The highest BCUT2D eigenvalue weighted by atomic mass is 79.9. The van der Waals surface area contributed by atoms with E-state index in [0.717, 1.165) is 25.0 Å². The SMILES string of the molecule is O=C(O)CCCCCCN1C(=O)CCc2nc(Br)c(Cl)nc21. The Morgan fingerprint density at radius 2 is 1.95 bits per heavy atom. The summed E-state index contributed by atoms with van der Waals surface area (Å²) in [7, 11) is 0. The Labute approximate surface area is 142 Å². The molecular weight excluding hydrogens is 374 g/mol. The van der Waals surface area contributed by atoms with Crippen LogP contribution >= 0.6 is 27.5 Å². The van der Waals surface area contributed by atoms with E-state index in [9.17, 15) is 9.59 Å². The number of carbonyl (C=O) groups is 2. The van der Waals surface area contributed by atoms with Gasteiger partial charge >= 0.3 is 5.97 Å². The summed E-state index contributed by atoms with van der Waals surface area (Å²) in [5.74, 6) is -0.184. The number of aliphatic carboxylic acids is 1. The molecule has 0 spiro atoms. The van der Waals surface area contributed by atoms with Gasteiger partial charge in [0, 0.05) is 25.8 Å². The number of aryl methyl sites for hydroxylation is 1. The lowest BCUT2D eigenvalue weighted by Gasteiger charge is -2.27. The topological polar surface area (TPSA) is 83.4 Å². The van der Waals surface area contributed by atoms with E-state index in [-0.39, 0.29) is 17.5 Å². The van der Waals surface area contributed by atoms with Gasteiger partial charge in [-0.3, -0.25) is 14.5 Å². The van der Waals surface area contributed by atoms with Gasteiger partial charge in [-0.2, -0.15) is 0 Å². The van der Waals surface area contributed by atoms with Gasteiger partial charge in [0.1, 0.15) is 4.60 Å². The molecule has 8 heteroatoms. The Bertz CT molecular complexity index is 583. The number of unbranched alkanes of at least 4 members (excludes halogenated alkanes) is 3. The highest BCUT2D eigenvalue weighted by Crippen LogP contribution is 2.29. The number of carboxylic acid groups (broad SMARTS) is 1. The molecule has 1 N–H and O–H groups in total. The predicted molar refractivity (Wildman–Crippen MR) is 86.1 cm³/mol. The van der Waals surface area contributed by atoms with Gasteiger partial charge in [0.2, 0.25) is 5.91 Å². The molecular formula is C14H17BrClN3O3. The van der Waals surface area contributed by atoms with Crippen molar-refractivity contribution in [2.24, 2.45) is 0 Å². The second-order valence-corrected chi connectivity index (χ2v) is 6.29. The Hall–Kier alpha value is -1.21. The lowest BCUT2D eigenvalue weighted by Crippen LogP contribution is -2.37. The molecule has 0 atom stereocenters. The van der Waals surface area contributed by atoms with Crippen molar-refractivity contribution in [3.8, 4) is 0 Å². The van der Waals surface area contributed by atoms with Gasteiger partial charge in [-0.1, -0.05) is 24.4 Å². The van der Waals surface area contributed by atoms with Crippen LogP contribution in [0.15, 0.2) is 4.60 Å². The number of carbonyl (C=O) groups excluding carboxylic acids is 1. The van der Waals surface area contributed by atoms with E-state index < -0.39 is 5.97 Å². The summed E-state index contributed by atoms with van der Waals surface area (Å²) in [6.45, 7) is 0.561. The molecule has 0 fully saturated rings. The molecule has 0 saturated heterocycles. The average Bonchev–Trinajstić information content (AvgIpc) is 2.46. The maximum atomic E-state index is 12.1. The molecule has 1 amide bonds. The maximum absolute atomic E-state index is 12.1. The second kappa shape index (κ2) is 7.87. The van der Waals surface area contributed by atoms with Crippen molar-refractivity contribution >= 4 is 45.2 Å². The third kappa shape index (κ3) is 4.39. The number of nitrogens with zero attached hydrogens (tertiary/aromatic N) is 3. The summed E-state index contributed by atoms with van der Waals surface area (Å²) < 4.78 is 0.496. The standard InChI is InChI=1S/C14H17BrClN3O3/c15-12-13(16)18-14-9(17-12)6-7-10(20)19(14)8-4-2-1-3-5-11(21)22/h1-8H2,(H,21,22). The van der Waals surface area contributed by atoms with E-state index in [0.29, 0.717) is 36.2 Å². The Balaban J connectivity index is 1.92. The number of carboxylic acids is 1. The summed E-state index contributed by atoms with van der Waals surface area (Å²) in [6.07, 6.45) is 4.39. The minimum Gasteiger partial charge on any atom is -0.481 e. The van der Waals surface area contributed by atoms with Crippen LogP contribution in [0.2, 0.25) is 5.15 Å². The van der Waals surface area contributed by atoms with E-state index in [1.54, 1.807) is 4.90 Å². The molecule has 1 aromatic heterocycles. The number of rotatable bonds is 7. The van der Waals surface area contributed by atoms with Gasteiger partial charge in [0.05, 0.1) is 5.69 Å². The Morgan fingerprint density at radius 1 is 1.23 bits per heavy atom. The first-order valence-electron chi connectivity index (χ1n) is 7.23. The molecule has 22 heavy (non-hydrogen) atoms. The van der Waals surface area contributed by atoms with Gasteiger partial charge in [-0.05, 0) is 28.8 Å². The first-order chi connectivity index (χ1) is 10.5. The van der Waals surface area contributed by atoms with Crippen LogP contribution in [0.5, 0.6) is 0 Å². The van der Waals surface area contributed by atoms with Crippen molar-refractivity contribution in [2.75, 3.05) is 11.4 Å². The fourth-order valence-electron chi connectivity index (χ4n) is 2.41. The molecule has 2 heterocycles. The summed E-state index contributed by atoms with van der Waals surface area (Å²) in [4.78, 5) is 32.8. The van der Waals surface area contributed by atoms with Crippen molar-refractivity contribution in [3.05, 3.63) is 15.5 Å². The maximum Gasteiger partial charge on any atom is 0.303 e. The van der Waals surface area contributed by atoms with Gasteiger partial charge in [0.15, 0.2) is 11.0 Å². The van der Waals surface area contributed by atoms with Crippen LogP contribution in [0.3, 0.4) is 0 Å². The lowest BCUT2D eigenvalue weighted by molar-refractivity contribution is -0.137. The van der Waals surface area contributed by atoms with Crippen LogP contribution in [0, 0.1) is 0 Å². The summed E-state index contributed by atoms with van der Waals surface area (Å²) >= 11 is 9.22. The van der Waals surface area contributed by atoms with E-state index >= 15 is 0 Å². The Morgan fingerprint density at radius 3 is 2.68 bits per heavy atom. The molecule has 0 saturated carbocycles. The predicted octanol–water partition coefficient (Wildman–Crippen LogP) is 3.21. The van der Waals surface area contributed by atoms with Crippen LogP contribution in [-0.2, 0) is 16.0 Å². The summed E-state index contributed by atoms with van der Waals surface area (Å²) in [6, 6.07) is 0. The molecule has 0 aliphatic carbocycles. The van der Waals surface area contributed by atoms with Crippen molar-refractivity contribution < 1.29 is 14.7 Å². The number of amides is 1. The molecule has 0 bridgehead atoms. The zero-order valence-corrected chi connectivity index (χ0v) is 14.4. The Kier molecular flexibility index (Phi) is 6.14. The minimum absolute atomic E-state index is 0.0331. The van der Waals surface area contributed by atoms with E-state index in [1.807, 2.05) is 0 Å². The normalized spacial score (nSPS) is 14.1. The van der Waals surface area contributed by atoms with Crippen LogP contribution in [0.4, 0.5) is 5.82 Å². The molecule has 0 aromatic carbocycles. The molecule has 2 rings (SSSR count). The summed E-state index contributed by atoms with van der Waals surface area (Å²) in [5.41, 5.74) is 0.779. The first-order valence-corrected chi connectivity index (χ1v) is 8.40. The third-order valence-corrected chi connectivity index (χ3v) is 4.56. The molecule has 0 radical (unpaired) electrons. The van der Waals surface area contributed by atoms with Gasteiger partial charge in [-0.25, -0.2) is 9.97 Å². The molecule has 6 nitrogen and oxygen atoms in total. The van der Waals surface area contributed by atoms with Crippen LogP contribution in [-0.4, -0.2) is 33.5 Å². The monoisotopic (exact) mass is 389 g/mol. The molecule has 1 aliphatic heterocycles. The molecule has 1 aliphatic rings. The van der Waals surface area contributed by atoms with Crippen LogP contribution in [0.25, 0.3) is 0 Å². The summed E-state index contributed by atoms with van der Waals surface area (Å²) in [5, 5.41) is 8.83. The minimum atomic E-state index is -0.768. The average molecular weight is 391 g/mol. The number of aromatic nitrogens is 2. The van der Waals surface area contributed by atoms with E-state index in [1.165, 1.54) is 0 Å². The van der Waals surface area contributed by atoms with Crippen molar-refractivity contribution in [1.29, 1.82) is 0 Å². The van der Waals surface area contributed by atoms with Gasteiger partial charge in [-0.15, -0.1) is 0 Å². The quantitative estimate of drug-likeness (QED) is 0.723. The smallest absolute Gasteiger partial charge is 0.303 e.